The van der Waals surface area contributed by atoms with E-state index in [4.69, 9.17) is 5.73 Å². The number of hydrogen-bond donors (Lipinski definition) is 1. The van der Waals surface area contributed by atoms with Gasteiger partial charge in [0.2, 0.25) is 5.91 Å². The third-order valence-corrected chi connectivity index (χ3v) is 2.33. The highest BCUT2D eigenvalue weighted by atomic mass is 19.4. The largest absolute Gasteiger partial charge is 0.433 e. The zero-order valence-electron chi connectivity index (χ0n) is 10.7. The molecule has 0 aromatic carbocycles. The van der Waals surface area contributed by atoms with Crippen LogP contribution in [0.3, 0.4) is 0 Å². The molecule has 19 heavy (non-hydrogen) atoms. The van der Waals surface area contributed by atoms with Crippen LogP contribution in [0.4, 0.5) is 13.2 Å². The van der Waals surface area contributed by atoms with Gasteiger partial charge in [-0.15, -0.1) is 0 Å². The lowest BCUT2D eigenvalue weighted by atomic mass is 10.0. The van der Waals surface area contributed by atoms with Crippen LogP contribution in [0.25, 0.3) is 6.08 Å². The van der Waals surface area contributed by atoms with E-state index in [9.17, 15) is 18.0 Å². The van der Waals surface area contributed by atoms with Crippen molar-refractivity contribution < 1.29 is 18.0 Å². The lowest BCUT2D eigenvalue weighted by Gasteiger charge is -2.12. The summed E-state index contributed by atoms with van der Waals surface area (Å²) in [6.07, 6.45) is -1.60. The average Bonchev–Trinajstić information content (AvgIpc) is 2.25. The zero-order chi connectivity index (χ0) is 14.6. The number of alkyl halides is 3. The van der Waals surface area contributed by atoms with Crippen LogP contribution in [-0.4, -0.2) is 10.9 Å². The minimum Gasteiger partial charge on any atom is -0.366 e. The Bertz CT molecular complexity index is 493. The first-order valence-electron chi connectivity index (χ1n) is 5.74. The Kier molecular flexibility index (Phi) is 4.69. The second kappa shape index (κ2) is 5.86. The van der Waals surface area contributed by atoms with Gasteiger partial charge >= 0.3 is 6.18 Å². The molecule has 0 bridgehead atoms. The fraction of sp³-hybridized carbons (Fsp3) is 0.385. The minimum atomic E-state index is -4.47. The first-order chi connectivity index (χ1) is 8.70. The summed E-state index contributed by atoms with van der Waals surface area (Å²) in [6.45, 7) is 3.76. The highest BCUT2D eigenvalue weighted by Gasteiger charge is 2.32. The third kappa shape index (κ3) is 4.73. The van der Waals surface area contributed by atoms with E-state index < -0.39 is 17.8 Å². The Hall–Kier alpha value is -1.85. The normalized spacial score (nSPS) is 12.3. The quantitative estimate of drug-likeness (QED) is 0.857. The molecule has 0 unspecified atom stereocenters. The molecule has 1 amide bonds. The van der Waals surface area contributed by atoms with Crippen LogP contribution in [0.2, 0.25) is 0 Å². The van der Waals surface area contributed by atoms with Gasteiger partial charge in [0.15, 0.2) is 0 Å². The van der Waals surface area contributed by atoms with E-state index >= 15 is 0 Å². The zero-order valence-corrected chi connectivity index (χ0v) is 10.7. The molecular weight excluding hydrogens is 257 g/mol. The SMILES string of the molecule is CC(C)Cc1nc(C(F)(F)F)ccc1C=CC(N)=O. The lowest BCUT2D eigenvalue weighted by molar-refractivity contribution is -0.141. The van der Waals surface area contributed by atoms with Crippen LogP contribution in [0.5, 0.6) is 0 Å². The van der Waals surface area contributed by atoms with Crippen LogP contribution < -0.4 is 5.73 Å². The van der Waals surface area contributed by atoms with Gasteiger partial charge in [-0.3, -0.25) is 4.79 Å². The Labute approximate surface area is 109 Å². The molecule has 1 aromatic rings. The van der Waals surface area contributed by atoms with Crippen molar-refractivity contribution >= 4 is 12.0 Å². The van der Waals surface area contributed by atoms with Crippen molar-refractivity contribution in [3.05, 3.63) is 35.2 Å². The van der Waals surface area contributed by atoms with E-state index in [0.29, 0.717) is 17.7 Å². The molecule has 0 saturated carbocycles. The average molecular weight is 272 g/mol. The van der Waals surface area contributed by atoms with Gasteiger partial charge in [0.1, 0.15) is 5.69 Å². The number of amides is 1. The Morgan fingerprint density at radius 1 is 1.42 bits per heavy atom. The molecule has 6 heteroatoms. The van der Waals surface area contributed by atoms with Crippen molar-refractivity contribution in [1.82, 2.24) is 4.98 Å². The molecule has 104 valence electrons. The highest BCUT2D eigenvalue weighted by Crippen LogP contribution is 2.29. The summed E-state index contributed by atoms with van der Waals surface area (Å²) in [5.74, 6) is -0.507. The van der Waals surface area contributed by atoms with E-state index in [1.54, 1.807) is 0 Å². The summed E-state index contributed by atoms with van der Waals surface area (Å²) in [5, 5.41) is 0. The fourth-order valence-corrected chi connectivity index (χ4v) is 1.54. The Balaban J connectivity index is 3.20. The molecule has 2 N–H and O–H groups in total. The molecule has 0 aliphatic heterocycles. The summed E-state index contributed by atoms with van der Waals surface area (Å²) in [4.78, 5) is 14.3. The third-order valence-electron chi connectivity index (χ3n) is 2.33. The molecule has 0 aliphatic carbocycles. The van der Waals surface area contributed by atoms with Crippen molar-refractivity contribution in [2.45, 2.75) is 26.4 Å². The van der Waals surface area contributed by atoms with Gasteiger partial charge < -0.3 is 5.73 Å². The number of hydrogen-bond acceptors (Lipinski definition) is 2. The first-order valence-corrected chi connectivity index (χ1v) is 5.74. The molecular formula is C13H15F3N2O. The van der Waals surface area contributed by atoms with Crippen LogP contribution in [0.1, 0.15) is 30.8 Å². The molecule has 1 heterocycles. The number of nitrogens with zero attached hydrogens (tertiary/aromatic N) is 1. The summed E-state index contributed by atoms with van der Waals surface area (Å²) < 4.78 is 37.8. The van der Waals surface area contributed by atoms with Gasteiger partial charge in [-0.2, -0.15) is 13.2 Å². The van der Waals surface area contributed by atoms with E-state index in [1.807, 2.05) is 13.8 Å². The highest BCUT2D eigenvalue weighted by molar-refractivity contribution is 5.90. The van der Waals surface area contributed by atoms with Gasteiger partial charge in [-0.25, -0.2) is 4.98 Å². The molecule has 0 saturated heterocycles. The van der Waals surface area contributed by atoms with Gasteiger partial charge in [0, 0.05) is 11.8 Å². The standard InChI is InChI=1S/C13H15F3N2O/c1-8(2)7-10-9(4-6-12(17)19)3-5-11(18-10)13(14,15)16/h3-6,8H,7H2,1-2H3,(H2,17,19). The molecule has 0 spiro atoms. The Morgan fingerprint density at radius 2 is 2.05 bits per heavy atom. The number of carbonyl (C=O) groups excluding carboxylic acids is 1. The first kappa shape index (κ1) is 15.2. The Morgan fingerprint density at radius 3 is 2.53 bits per heavy atom. The van der Waals surface area contributed by atoms with Crippen LogP contribution in [0, 0.1) is 5.92 Å². The number of aromatic nitrogens is 1. The number of halogens is 3. The molecule has 0 atom stereocenters. The van der Waals surface area contributed by atoms with Gasteiger partial charge in [0.25, 0.3) is 0 Å². The molecule has 1 rings (SSSR count). The predicted octanol–water partition coefficient (Wildman–Crippen LogP) is 2.80. The second-order valence-corrected chi connectivity index (χ2v) is 4.56. The van der Waals surface area contributed by atoms with Crippen LogP contribution in [0.15, 0.2) is 18.2 Å². The maximum absolute atomic E-state index is 12.6. The van der Waals surface area contributed by atoms with Crippen molar-refractivity contribution in [2.75, 3.05) is 0 Å². The van der Waals surface area contributed by atoms with E-state index in [2.05, 4.69) is 4.98 Å². The summed E-state index contributed by atoms with van der Waals surface area (Å²) in [6, 6.07) is 2.19. The smallest absolute Gasteiger partial charge is 0.366 e. The number of carbonyl (C=O) groups is 1. The maximum Gasteiger partial charge on any atom is 0.433 e. The minimum absolute atomic E-state index is 0.150. The predicted molar refractivity (Wildman–Crippen MR) is 66.0 cm³/mol. The molecule has 0 aliphatic rings. The number of rotatable bonds is 4. The molecule has 3 nitrogen and oxygen atoms in total. The van der Waals surface area contributed by atoms with Crippen molar-refractivity contribution in [2.24, 2.45) is 11.7 Å². The molecule has 0 radical (unpaired) electrons. The van der Waals surface area contributed by atoms with E-state index in [-0.39, 0.29) is 5.92 Å². The summed E-state index contributed by atoms with van der Waals surface area (Å²) in [7, 11) is 0. The monoisotopic (exact) mass is 272 g/mol. The number of nitrogens with two attached hydrogens (primary N) is 1. The fourth-order valence-electron chi connectivity index (χ4n) is 1.54. The van der Waals surface area contributed by atoms with E-state index in [0.717, 1.165) is 12.1 Å². The van der Waals surface area contributed by atoms with E-state index in [1.165, 1.54) is 12.1 Å². The van der Waals surface area contributed by atoms with Crippen molar-refractivity contribution in [3.63, 3.8) is 0 Å². The number of primary amides is 1. The van der Waals surface area contributed by atoms with Crippen molar-refractivity contribution in [1.29, 1.82) is 0 Å². The topological polar surface area (TPSA) is 56.0 Å². The maximum atomic E-state index is 12.6. The number of pyridine rings is 1. The van der Waals surface area contributed by atoms with Crippen LogP contribution >= 0.6 is 0 Å². The van der Waals surface area contributed by atoms with Crippen molar-refractivity contribution in [3.8, 4) is 0 Å². The van der Waals surface area contributed by atoms with Gasteiger partial charge in [0.05, 0.1) is 0 Å². The summed E-state index contributed by atoms with van der Waals surface area (Å²) >= 11 is 0. The molecule has 0 fully saturated rings. The summed E-state index contributed by atoms with van der Waals surface area (Å²) in [5.41, 5.74) is 4.81. The second-order valence-electron chi connectivity index (χ2n) is 4.56. The lowest BCUT2D eigenvalue weighted by Crippen LogP contribution is -2.12. The molecule has 1 aromatic heterocycles. The van der Waals surface area contributed by atoms with Gasteiger partial charge in [-0.05, 0) is 30.0 Å². The van der Waals surface area contributed by atoms with Crippen LogP contribution in [-0.2, 0) is 17.4 Å². The van der Waals surface area contributed by atoms with Gasteiger partial charge in [-0.1, -0.05) is 19.9 Å².